The second-order valence-corrected chi connectivity index (χ2v) is 7.20. The van der Waals surface area contributed by atoms with Gasteiger partial charge in [0.05, 0.1) is 50.7 Å². The van der Waals surface area contributed by atoms with E-state index in [2.05, 4.69) is 5.10 Å². The first kappa shape index (κ1) is 22.6. The fraction of sp³-hybridized carbons (Fsp3) is 0.217. The largest absolute Gasteiger partial charge is 0.493 e. The van der Waals surface area contributed by atoms with Gasteiger partial charge in [-0.25, -0.2) is 0 Å². The molecule has 0 N–H and O–H groups in total. The number of aryl methyl sites for hydroxylation is 1. The minimum atomic E-state index is -0.606. The summed E-state index contributed by atoms with van der Waals surface area (Å²) in [5, 5.41) is 16.2. The van der Waals surface area contributed by atoms with Crippen LogP contribution in [0.5, 0.6) is 23.0 Å². The van der Waals surface area contributed by atoms with E-state index in [1.807, 2.05) is 0 Å². The van der Waals surface area contributed by atoms with Crippen molar-refractivity contribution in [3.63, 3.8) is 0 Å². The molecule has 11 heteroatoms. The minimum absolute atomic E-state index is 0.00997. The summed E-state index contributed by atoms with van der Waals surface area (Å²) >= 11 is 0. The number of ether oxygens (including phenoxy) is 4. The first-order valence-corrected chi connectivity index (χ1v) is 9.96. The summed E-state index contributed by atoms with van der Waals surface area (Å²) in [6.07, 6.45) is 3.15. The van der Waals surface area contributed by atoms with E-state index in [9.17, 15) is 14.9 Å². The van der Waals surface area contributed by atoms with Gasteiger partial charge in [-0.15, -0.1) is 0 Å². The summed E-state index contributed by atoms with van der Waals surface area (Å²) in [7, 11) is 7.36. The Bertz CT molecular complexity index is 1390. The molecule has 11 nitrogen and oxygen atoms in total. The molecule has 0 saturated heterocycles. The maximum Gasteiger partial charge on any atom is 0.353 e. The normalized spacial score (nSPS) is 10.9. The number of aromatic nitrogens is 2. The molecule has 34 heavy (non-hydrogen) atoms. The Balaban J connectivity index is 2.04. The Labute approximate surface area is 193 Å². The van der Waals surface area contributed by atoms with Gasteiger partial charge < -0.3 is 23.4 Å². The Morgan fingerprint density at radius 1 is 1.03 bits per heavy atom. The zero-order chi connectivity index (χ0) is 24.6. The number of nitro groups is 1. The zero-order valence-electron chi connectivity index (χ0n) is 19.1. The molecule has 2 heterocycles. The van der Waals surface area contributed by atoms with Gasteiger partial charge in [-0.05, 0) is 24.3 Å². The number of hydrogen-bond donors (Lipinski definition) is 0. The van der Waals surface area contributed by atoms with Crippen LogP contribution in [-0.4, -0.2) is 48.9 Å². The smallest absolute Gasteiger partial charge is 0.353 e. The van der Waals surface area contributed by atoms with Crippen LogP contribution in [0.15, 0.2) is 41.1 Å². The van der Waals surface area contributed by atoms with Crippen molar-refractivity contribution in [1.29, 1.82) is 0 Å². The predicted molar refractivity (Wildman–Crippen MR) is 121 cm³/mol. The average Bonchev–Trinajstić information content (AvgIpc) is 3.44. The molecule has 2 aromatic carbocycles. The van der Waals surface area contributed by atoms with Crippen molar-refractivity contribution in [1.82, 2.24) is 9.78 Å². The van der Waals surface area contributed by atoms with Crippen molar-refractivity contribution in [2.45, 2.75) is 0 Å². The fourth-order valence-corrected chi connectivity index (χ4v) is 3.79. The van der Waals surface area contributed by atoms with Crippen LogP contribution in [0.4, 0.5) is 5.69 Å². The molecule has 4 rings (SSSR count). The topological polar surface area (TPSA) is 128 Å². The molecule has 0 unspecified atom stereocenters. The van der Waals surface area contributed by atoms with Gasteiger partial charge in [0, 0.05) is 24.2 Å². The van der Waals surface area contributed by atoms with E-state index >= 15 is 0 Å². The predicted octanol–water partition coefficient (Wildman–Crippen LogP) is 4.01. The number of hydrogen-bond acceptors (Lipinski definition) is 9. The molecule has 0 amide bonds. The van der Waals surface area contributed by atoms with Crippen LogP contribution >= 0.6 is 0 Å². The van der Waals surface area contributed by atoms with E-state index in [0.717, 1.165) is 0 Å². The van der Waals surface area contributed by atoms with Gasteiger partial charge >= 0.3 is 5.69 Å². The van der Waals surface area contributed by atoms with Crippen molar-refractivity contribution in [2.24, 2.45) is 7.05 Å². The van der Waals surface area contributed by atoms with Crippen molar-refractivity contribution in [3.05, 3.63) is 57.9 Å². The zero-order valence-corrected chi connectivity index (χ0v) is 19.1. The molecule has 0 atom stereocenters. The Kier molecular flexibility index (Phi) is 5.84. The van der Waals surface area contributed by atoms with E-state index in [1.165, 1.54) is 57.5 Å². The number of carbonyl (C=O) groups is 1. The highest BCUT2D eigenvalue weighted by Crippen LogP contribution is 2.44. The molecule has 176 valence electrons. The lowest BCUT2D eigenvalue weighted by molar-refractivity contribution is -0.384. The molecular weight excluding hydrogens is 446 g/mol. The number of carbonyl (C=O) groups excluding carboxylic acids is 1. The molecule has 0 spiro atoms. The number of furan rings is 1. The number of nitro benzene ring substituents is 1. The summed E-state index contributed by atoms with van der Waals surface area (Å²) in [6.45, 7) is 0. The fourth-order valence-electron chi connectivity index (χ4n) is 3.79. The van der Waals surface area contributed by atoms with Crippen LogP contribution in [0.2, 0.25) is 0 Å². The van der Waals surface area contributed by atoms with E-state index in [-0.39, 0.29) is 50.8 Å². The summed E-state index contributed by atoms with van der Waals surface area (Å²) < 4.78 is 28.7. The molecule has 2 aromatic heterocycles. The second-order valence-electron chi connectivity index (χ2n) is 7.20. The van der Waals surface area contributed by atoms with Crippen LogP contribution in [0.25, 0.3) is 22.3 Å². The van der Waals surface area contributed by atoms with Crippen molar-refractivity contribution < 1.29 is 33.1 Å². The molecule has 0 aliphatic rings. The molecule has 4 aromatic rings. The molecule has 0 aliphatic carbocycles. The highest BCUT2D eigenvalue weighted by molar-refractivity contribution is 6.21. The molecule has 0 radical (unpaired) electrons. The Morgan fingerprint density at radius 3 is 2.18 bits per heavy atom. The average molecular weight is 467 g/mol. The van der Waals surface area contributed by atoms with Crippen molar-refractivity contribution in [2.75, 3.05) is 28.4 Å². The second kappa shape index (κ2) is 8.77. The third-order valence-electron chi connectivity index (χ3n) is 5.32. The van der Waals surface area contributed by atoms with Gasteiger partial charge in [-0.1, -0.05) is 0 Å². The summed E-state index contributed by atoms with van der Waals surface area (Å²) in [4.78, 5) is 25.1. The number of ketones is 1. The number of fused-ring (bicyclic) bond motifs is 1. The number of nitrogens with zero attached hydrogens (tertiary/aromatic N) is 3. The summed E-state index contributed by atoms with van der Waals surface area (Å²) in [6, 6.07) is 5.99. The van der Waals surface area contributed by atoms with Gasteiger partial charge in [0.2, 0.25) is 17.1 Å². The first-order chi connectivity index (χ1) is 16.3. The lowest BCUT2D eigenvalue weighted by atomic mass is 9.97. The van der Waals surface area contributed by atoms with Crippen molar-refractivity contribution >= 4 is 22.4 Å². The van der Waals surface area contributed by atoms with E-state index < -0.39 is 10.7 Å². The highest BCUT2D eigenvalue weighted by atomic mass is 16.6. The minimum Gasteiger partial charge on any atom is -0.493 e. The standard InChI is InChI=1S/C23H21N3O8/c1-25-11-13(10-24-25)21-18(14-6-7-15(30-2)19(26(28)29)22(14)34-21)20(27)12-8-16(31-3)23(33-5)17(9-12)32-4/h6-11H,1-5H3. The summed E-state index contributed by atoms with van der Waals surface area (Å²) in [5.41, 5.74) is 0.347. The van der Waals surface area contributed by atoms with Crippen molar-refractivity contribution in [3.8, 4) is 34.3 Å². The van der Waals surface area contributed by atoms with Crippen LogP contribution < -0.4 is 18.9 Å². The lowest BCUT2D eigenvalue weighted by Gasteiger charge is -2.13. The van der Waals surface area contributed by atoms with Gasteiger partial charge in [-0.3, -0.25) is 19.6 Å². The third-order valence-corrected chi connectivity index (χ3v) is 5.32. The number of methoxy groups -OCH3 is 4. The van der Waals surface area contributed by atoms with E-state index in [4.69, 9.17) is 23.4 Å². The van der Waals surface area contributed by atoms with Crippen LogP contribution in [0.1, 0.15) is 15.9 Å². The Hall–Kier alpha value is -4.54. The van der Waals surface area contributed by atoms with Crippen LogP contribution in [0, 0.1) is 10.1 Å². The van der Waals surface area contributed by atoms with Gasteiger partial charge in [0.15, 0.2) is 17.3 Å². The highest BCUT2D eigenvalue weighted by Gasteiger charge is 2.31. The van der Waals surface area contributed by atoms with Gasteiger partial charge in [0.25, 0.3) is 0 Å². The quantitative estimate of drug-likeness (QED) is 0.214. The monoisotopic (exact) mass is 467 g/mol. The Morgan fingerprint density at radius 2 is 1.68 bits per heavy atom. The van der Waals surface area contributed by atoms with Gasteiger partial charge in [-0.2, -0.15) is 5.10 Å². The number of rotatable bonds is 8. The first-order valence-electron chi connectivity index (χ1n) is 9.96. The summed E-state index contributed by atoms with van der Waals surface area (Å²) in [5.74, 6) is 0.582. The molecule has 0 bridgehead atoms. The van der Waals surface area contributed by atoms with E-state index in [1.54, 1.807) is 19.3 Å². The maximum absolute atomic E-state index is 13.9. The van der Waals surface area contributed by atoms with Crippen LogP contribution in [-0.2, 0) is 7.05 Å². The SMILES string of the molecule is COc1cc(C(=O)c2c(-c3cnn(C)c3)oc3c([N+](=O)[O-])c(OC)ccc23)cc(OC)c1OC. The molecule has 0 saturated carbocycles. The van der Waals surface area contributed by atoms with Crippen LogP contribution in [0.3, 0.4) is 0 Å². The lowest BCUT2D eigenvalue weighted by Crippen LogP contribution is -2.05. The number of benzene rings is 2. The third kappa shape index (κ3) is 3.56. The molecular formula is C23H21N3O8. The van der Waals surface area contributed by atoms with E-state index in [0.29, 0.717) is 11.3 Å². The molecule has 0 aliphatic heterocycles. The molecule has 0 fully saturated rings. The maximum atomic E-state index is 13.9. The van der Waals surface area contributed by atoms with Gasteiger partial charge in [0.1, 0.15) is 5.76 Å².